The van der Waals surface area contributed by atoms with Crippen LogP contribution in [0, 0.1) is 0 Å². The van der Waals surface area contributed by atoms with Crippen LogP contribution in [0.2, 0.25) is 0 Å². The molecule has 0 spiro atoms. The first-order valence-electron chi connectivity index (χ1n) is 23.0. The Kier molecular flexibility index (Phi) is 20.8. The Morgan fingerprint density at radius 1 is 0.389 bits per heavy atom. The van der Waals surface area contributed by atoms with Gasteiger partial charge in [-0.15, -0.1) is 0 Å². The second-order valence-electron chi connectivity index (χ2n) is 18.3. The molecule has 0 aromatic carbocycles. The maximum Gasteiger partial charge on any atom is 0.217 e. The third-order valence-electron chi connectivity index (χ3n) is 13.2. The number of nitrogens with one attached hydrogen (secondary N) is 2. The van der Waals surface area contributed by atoms with E-state index in [1.54, 1.807) is 0 Å². The van der Waals surface area contributed by atoms with Gasteiger partial charge in [0.25, 0.3) is 0 Å². The molecule has 6 fully saturated rings. The van der Waals surface area contributed by atoms with Crippen LogP contribution in [0.3, 0.4) is 0 Å². The summed E-state index contributed by atoms with van der Waals surface area (Å²) in [4.78, 5) is 24.8. The summed E-state index contributed by atoms with van der Waals surface area (Å²) >= 11 is 0. The molecule has 6 heterocycles. The van der Waals surface area contributed by atoms with Gasteiger partial charge in [0.1, 0.15) is 140 Å². The summed E-state index contributed by atoms with van der Waals surface area (Å²) in [5.41, 5.74) is 0. The first-order chi connectivity index (χ1) is 33.9. The molecule has 6 saturated heterocycles. The van der Waals surface area contributed by atoms with E-state index in [0.717, 1.165) is 13.8 Å². The van der Waals surface area contributed by atoms with E-state index in [-0.39, 0.29) is 0 Å². The van der Waals surface area contributed by atoms with Crippen molar-refractivity contribution in [2.24, 2.45) is 0 Å². The average molecular weight is 1060 g/mol. The van der Waals surface area contributed by atoms with Gasteiger partial charge in [-0.2, -0.15) is 0 Å². The zero-order valence-electron chi connectivity index (χ0n) is 38.8. The van der Waals surface area contributed by atoms with E-state index in [1.165, 1.54) is 6.92 Å². The van der Waals surface area contributed by atoms with E-state index in [0.29, 0.717) is 0 Å². The predicted octanol–water partition coefficient (Wildman–Crippen LogP) is -12.8. The molecule has 0 aromatic rings. The van der Waals surface area contributed by atoms with Crippen LogP contribution >= 0.6 is 0 Å². The SMILES string of the molecule is CC(=O)N[C@@H]1[C@@H](O)[C@H](O[C@@H]2O[C@H](CO)[C@@H](O[C@@H]3O[C@H](CO[C@@H]4O[C@H](CO)[C@@H](O)[C@H](O)[C@@H]4O)[C@@H](O)[C@H](O[C@@H]4O[C@H](CO)[C@@H](O)[C@H](O)[C@@H]4O)[C@@H]3O)[C@H](O)[C@H]2NC(C)=O)[C@@H](CO[C@H]2O[C@@H](C)[C@@H](O)[C@@H](O)[C@@H]2O)O[C@H]1O. The van der Waals surface area contributed by atoms with E-state index in [2.05, 4.69) is 10.6 Å². The van der Waals surface area contributed by atoms with Gasteiger partial charge in [-0.25, -0.2) is 0 Å². The second-order valence-corrected chi connectivity index (χ2v) is 18.3. The molecule has 6 aliphatic heterocycles. The van der Waals surface area contributed by atoms with Crippen molar-refractivity contribution < 1.29 is 149 Å². The van der Waals surface area contributed by atoms with Crippen LogP contribution in [0.25, 0.3) is 0 Å². The largest absolute Gasteiger partial charge is 0.394 e. The molecule has 0 unspecified atom stereocenters. The molecule has 30 atom stereocenters. The number of hydrogen-bond donors (Lipinski definition) is 19. The van der Waals surface area contributed by atoms with Crippen molar-refractivity contribution >= 4 is 11.8 Å². The number of ether oxygens (including phenoxy) is 11. The van der Waals surface area contributed by atoms with E-state index in [9.17, 15) is 96.4 Å². The fourth-order valence-electron chi connectivity index (χ4n) is 9.06. The summed E-state index contributed by atoms with van der Waals surface area (Å²) in [5, 5.41) is 186. The number of carbonyl (C=O) groups excluding carboxylic acids is 2. The highest BCUT2D eigenvalue weighted by Crippen LogP contribution is 2.36. The molecule has 0 aliphatic carbocycles. The van der Waals surface area contributed by atoms with Crippen LogP contribution < -0.4 is 10.6 Å². The summed E-state index contributed by atoms with van der Waals surface area (Å²) in [6.45, 7) is -1.00. The van der Waals surface area contributed by atoms with Crippen LogP contribution in [0.15, 0.2) is 0 Å². The van der Waals surface area contributed by atoms with E-state index in [4.69, 9.17) is 52.1 Å². The van der Waals surface area contributed by atoms with Crippen molar-refractivity contribution in [3.8, 4) is 0 Å². The Balaban J connectivity index is 1.26. The number of aliphatic hydroxyl groups excluding tert-OH is 17. The van der Waals surface area contributed by atoms with Crippen molar-refractivity contribution in [3.63, 3.8) is 0 Å². The lowest BCUT2D eigenvalue weighted by Gasteiger charge is -2.50. The maximum absolute atomic E-state index is 12.7. The lowest BCUT2D eigenvalue weighted by molar-refractivity contribution is -0.384. The molecule has 0 saturated carbocycles. The molecular weight excluding hydrogens is 988 g/mol. The summed E-state index contributed by atoms with van der Waals surface area (Å²) in [6, 6.07) is -3.40. The molecule has 32 heteroatoms. The summed E-state index contributed by atoms with van der Waals surface area (Å²) in [7, 11) is 0. The fourth-order valence-corrected chi connectivity index (χ4v) is 9.06. The minimum atomic E-state index is -2.23. The number of hydrogen-bond acceptors (Lipinski definition) is 30. The second kappa shape index (κ2) is 25.3. The van der Waals surface area contributed by atoms with Gasteiger partial charge < -0.3 is 150 Å². The molecule has 0 aromatic heterocycles. The standard InChI is InChI=1S/C40H68N2O30/c1-9-19(48)25(54)28(57)37(64-9)63-8-16-33(23(52)17(35(61)65-16)41-10(2)46)70-36-18(42-11(3)47)24(53)32(14(6-45)68-36)71-40-31(60)34(72-39-30(59)27(56)21(50)13(5-44)67-39)22(51)15(69-40)7-62-38-29(58)26(55)20(49)12(4-43)66-38/h9,12-40,43-45,48-61H,4-8H2,1-3H3,(H,41,46)(H,42,47)/t9-,12+,13+,14+,15+,16+,17+,18+,19+,20+,21+,22+,23+,24+,25+,26-,27-,28-,29-,30-,31-,32+,33+,34-,35+,36-,37-,38+,39-,40-/m0/s1. The van der Waals surface area contributed by atoms with Crippen molar-refractivity contribution in [1.82, 2.24) is 10.6 Å². The zero-order valence-corrected chi connectivity index (χ0v) is 38.8. The maximum atomic E-state index is 12.7. The van der Waals surface area contributed by atoms with Gasteiger partial charge in [-0.3, -0.25) is 9.59 Å². The Labute approximate surface area is 408 Å². The molecule has 32 nitrogen and oxygen atoms in total. The van der Waals surface area contributed by atoms with E-state index in [1.807, 2.05) is 0 Å². The average Bonchev–Trinajstić information content (AvgIpc) is 3.34. The van der Waals surface area contributed by atoms with E-state index < -0.39 is 229 Å². The van der Waals surface area contributed by atoms with Gasteiger partial charge in [-0.1, -0.05) is 0 Å². The van der Waals surface area contributed by atoms with Gasteiger partial charge in [0, 0.05) is 13.8 Å². The predicted molar refractivity (Wildman–Crippen MR) is 221 cm³/mol. The highest BCUT2D eigenvalue weighted by Gasteiger charge is 2.57. The van der Waals surface area contributed by atoms with Crippen molar-refractivity contribution in [1.29, 1.82) is 0 Å². The zero-order chi connectivity index (χ0) is 53.2. The Morgan fingerprint density at radius 2 is 0.792 bits per heavy atom. The molecule has 6 aliphatic rings. The highest BCUT2D eigenvalue weighted by molar-refractivity contribution is 5.73. The summed E-state index contributed by atoms with van der Waals surface area (Å²) < 4.78 is 62.8. The number of rotatable bonds is 17. The molecule has 0 bridgehead atoms. The van der Waals surface area contributed by atoms with Gasteiger partial charge in [-0.05, 0) is 6.92 Å². The first kappa shape index (κ1) is 59.1. The highest BCUT2D eigenvalue weighted by atomic mass is 16.8. The monoisotopic (exact) mass is 1060 g/mol. The van der Waals surface area contributed by atoms with Crippen molar-refractivity contribution in [3.05, 3.63) is 0 Å². The van der Waals surface area contributed by atoms with Crippen LogP contribution in [0.4, 0.5) is 0 Å². The molecular formula is C40H68N2O30. The Morgan fingerprint density at radius 3 is 1.35 bits per heavy atom. The molecule has 0 radical (unpaired) electrons. The quantitative estimate of drug-likeness (QED) is 0.0643. The summed E-state index contributed by atoms with van der Waals surface area (Å²) in [5.74, 6) is -1.60. The molecule has 418 valence electrons. The van der Waals surface area contributed by atoms with Gasteiger partial charge in [0.05, 0.1) is 39.1 Å². The van der Waals surface area contributed by atoms with Crippen molar-refractivity contribution in [2.45, 2.75) is 205 Å². The lowest BCUT2D eigenvalue weighted by atomic mass is 9.94. The number of amides is 2. The van der Waals surface area contributed by atoms with Crippen LogP contribution in [-0.4, -0.2) is 316 Å². The van der Waals surface area contributed by atoms with Gasteiger partial charge in [0.2, 0.25) is 11.8 Å². The normalized spacial score (nSPS) is 50.3. The molecule has 72 heavy (non-hydrogen) atoms. The van der Waals surface area contributed by atoms with E-state index >= 15 is 0 Å². The van der Waals surface area contributed by atoms with Crippen molar-refractivity contribution in [2.75, 3.05) is 33.0 Å². The first-order valence-corrected chi connectivity index (χ1v) is 23.0. The third-order valence-corrected chi connectivity index (χ3v) is 13.2. The lowest BCUT2D eigenvalue weighted by Crippen LogP contribution is -2.70. The topological polar surface area (TPSA) is 504 Å². The molecule has 2 amide bonds. The van der Waals surface area contributed by atoms with Crippen LogP contribution in [0.1, 0.15) is 20.8 Å². The Bertz CT molecular complexity index is 1730. The van der Waals surface area contributed by atoms with Crippen LogP contribution in [-0.2, 0) is 61.7 Å². The minimum Gasteiger partial charge on any atom is -0.394 e. The summed E-state index contributed by atoms with van der Waals surface area (Å²) in [6.07, 6.45) is -51.4. The Hall–Kier alpha value is -2.18. The van der Waals surface area contributed by atoms with Crippen LogP contribution in [0.5, 0.6) is 0 Å². The van der Waals surface area contributed by atoms with Gasteiger partial charge >= 0.3 is 0 Å². The molecule has 6 rings (SSSR count). The third kappa shape index (κ3) is 12.8. The fraction of sp³-hybridized carbons (Fsp3) is 0.950. The number of carbonyl (C=O) groups is 2. The molecule has 19 N–H and O–H groups in total. The number of aliphatic hydroxyl groups is 17. The minimum absolute atomic E-state index is 0.728. The smallest absolute Gasteiger partial charge is 0.217 e. The van der Waals surface area contributed by atoms with Gasteiger partial charge in [0.15, 0.2) is 37.7 Å².